The molecule has 0 radical (unpaired) electrons. The highest BCUT2D eigenvalue weighted by atomic mass is 32.2. The van der Waals surface area contributed by atoms with Gasteiger partial charge in [-0.25, -0.2) is 0 Å². The molecule has 0 aliphatic carbocycles. The maximum Gasteiger partial charge on any atom is 0.0830 e. The van der Waals surface area contributed by atoms with E-state index in [9.17, 15) is 0 Å². The summed E-state index contributed by atoms with van der Waals surface area (Å²) < 4.78 is 11.0. The second kappa shape index (κ2) is 7.54. The van der Waals surface area contributed by atoms with Gasteiger partial charge in [-0.3, -0.25) is 0 Å². The topological polar surface area (TPSA) is 30.5 Å². The average Bonchev–Trinajstić information content (AvgIpc) is 2.83. The van der Waals surface area contributed by atoms with Crippen LogP contribution in [0.15, 0.2) is 0 Å². The van der Waals surface area contributed by atoms with Crippen LogP contribution in [0.3, 0.4) is 0 Å². The standard InChI is InChI=1S/C12H23NO2S/c1-3-11(10-16-8-1)13-5-2-6-15-12-4-7-14-9-12/h11-13H,1-10H2. The van der Waals surface area contributed by atoms with Crippen molar-refractivity contribution in [2.24, 2.45) is 0 Å². The Hall–Kier alpha value is 0.230. The van der Waals surface area contributed by atoms with Crippen molar-refractivity contribution in [1.82, 2.24) is 5.32 Å². The highest BCUT2D eigenvalue weighted by molar-refractivity contribution is 7.99. The van der Waals surface area contributed by atoms with Gasteiger partial charge in [-0.05, 0) is 38.0 Å². The Morgan fingerprint density at radius 3 is 3.12 bits per heavy atom. The third kappa shape index (κ3) is 4.62. The maximum atomic E-state index is 5.72. The van der Waals surface area contributed by atoms with Gasteiger partial charge >= 0.3 is 0 Å². The van der Waals surface area contributed by atoms with E-state index in [0.717, 1.165) is 45.2 Å². The van der Waals surface area contributed by atoms with Gasteiger partial charge in [-0.15, -0.1) is 0 Å². The van der Waals surface area contributed by atoms with E-state index in [2.05, 4.69) is 17.1 Å². The molecule has 0 aromatic rings. The van der Waals surface area contributed by atoms with Crippen molar-refractivity contribution in [3.8, 4) is 0 Å². The molecular weight excluding hydrogens is 222 g/mol. The van der Waals surface area contributed by atoms with Crippen LogP contribution >= 0.6 is 11.8 Å². The van der Waals surface area contributed by atoms with Gasteiger partial charge in [0.1, 0.15) is 0 Å². The predicted molar refractivity (Wildman–Crippen MR) is 68.1 cm³/mol. The fourth-order valence-corrected chi connectivity index (χ4v) is 3.28. The zero-order chi connectivity index (χ0) is 11.1. The number of ether oxygens (including phenoxy) is 2. The van der Waals surface area contributed by atoms with Crippen LogP contribution in [0.1, 0.15) is 25.7 Å². The van der Waals surface area contributed by atoms with Crippen LogP contribution in [0.4, 0.5) is 0 Å². The Bertz CT molecular complexity index is 180. The van der Waals surface area contributed by atoms with Gasteiger partial charge in [0, 0.05) is 25.0 Å². The zero-order valence-electron chi connectivity index (χ0n) is 9.95. The van der Waals surface area contributed by atoms with Crippen LogP contribution in [0, 0.1) is 0 Å². The smallest absolute Gasteiger partial charge is 0.0830 e. The maximum absolute atomic E-state index is 5.72. The molecule has 2 unspecified atom stereocenters. The fraction of sp³-hybridized carbons (Fsp3) is 1.00. The molecule has 2 saturated heterocycles. The Morgan fingerprint density at radius 1 is 1.38 bits per heavy atom. The van der Waals surface area contributed by atoms with Gasteiger partial charge < -0.3 is 14.8 Å². The zero-order valence-corrected chi connectivity index (χ0v) is 10.8. The molecule has 0 amide bonds. The second-order valence-corrected chi connectivity index (χ2v) is 5.73. The first-order chi connectivity index (χ1) is 7.95. The van der Waals surface area contributed by atoms with Crippen molar-refractivity contribution in [2.45, 2.75) is 37.8 Å². The van der Waals surface area contributed by atoms with Crippen molar-refractivity contribution in [2.75, 3.05) is 37.9 Å². The lowest BCUT2D eigenvalue weighted by atomic mass is 10.2. The summed E-state index contributed by atoms with van der Waals surface area (Å²) in [7, 11) is 0. The van der Waals surface area contributed by atoms with E-state index in [1.165, 1.54) is 24.3 Å². The highest BCUT2D eigenvalue weighted by Gasteiger charge is 2.15. The van der Waals surface area contributed by atoms with E-state index in [1.54, 1.807) is 0 Å². The molecule has 16 heavy (non-hydrogen) atoms. The lowest BCUT2D eigenvalue weighted by Crippen LogP contribution is -2.34. The number of rotatable bonds is 6. The molecular formula is C12H23NO2S. The molecule has 94 valence electrons. The van der Waals surface area contributed by atoms with Crippen molar-refractivity contribution < 1.29 is 9.47 Å². The molecule has 1 N–H and O–H groups in total. The molecule has 2 rings (SSSR count). The molecule has 2 heterocycles. The minimum absolute atomic E-state index is 0.366. The predicted octanol–water partition coefficient (Wildman–Crippen LogP) is 1.67. The minimum atomic E-state index is 0.366. The molecule has 0 aromatic heterocycles. The Kier molecular flexibility index (Phi) is 5.97. The number of hydrogen-bond donors (Lipinski definition) is 1. The lowest BCUT2D eigenvalue weighted by Gasteiger charge is -2.22. The SMILES string of the molecule is C(CNC1CCCSC1)COC1CCOC1. The summed E-state index contributed by atoms with van der Waals surface area (Å²) in [6, 6.07) is 0.744. The number of thioether (sulfide) groups is 1. The lowest BCUT2D eigenvalue weighted by molar-refractivity contribution is 0.0414. The van der Waals surface area contributed by atoms with Gasteiger partial charge in [0.25, 0.3) is 0 Å². The second-order valence-electron chi connectivity index (χ2n) is 4.58. The summed E-state index contributed by atoms with van der Waals surface area (Å²) in [5.74, 6) is 2.64. The van der Waals surface area contributed by atoms with Crippen LogP contribution in [0.25, 0.3) is 0 Å². The first-order valence-electron chi connectivity index (χ1n) is 6.45. The largest absolute Gasteiger partial charge is 0.379 e. The number of nitrogens with one attached hydrogen (secondary N) is 1. The van der Waals surface area contributed by atoms with Gasteiger partial charge in [0.05, 0.1) is 12.7 Å². The van der Waals surface area contributed by atoms with Gasteiger partial charge in [0.15, 0.2) is 0 Å². The van der Waals surface area contributed by atoms with Crippen molar-refractivity contribution in [1.29, 1.82) is 0 Å². The van der Waals surface area contributed by atoms with Crippen LogP contribution in [0.2, 0.25) is 0 Å². The van der Waals surface area contributed by atoms with E-state index >= 15 is 0 Å². The summed E-state index contributed by atoms with van der Waals surface area (Å²) in [4.78, 5) is 0. The molecule has 0 saturated carbocycles. The van der Waals surface area contributed by atoms with E-state index in [4.69, 9.17) is 9.47 Å². The summed E-state index contributed by atoms with van der Waals surface area (Å²) >= 11 is 2.08. The van der Waals surface area contributed by atoms with Gasteiger partial charge in [-0.2, -0.15) is 11.8 Å². The van der Waals surface area contributed by atoms with Gasteiger partial charge in [-0.1, -0.05) is 0 Å². The van der Waals surface area contributed by atoms with Crippen LogP contribution in [-0.2, 0) is 9.47 Å². The molecule has 0 aromatic carbocycles. The molecule has 3 nitrogen and oxygen atoms in total. The average molecular weight is 245 g/mol. The van der Waals surface area contributed by atoms with E-state index in [0.29, 0.717) is 6.10 Å². The normalized spacial score (nSPS) is 30.8. The van der Waals surface area contributed by atoms with Crippen LogP contribution < -0.4 is 5.32 Å². The molecule has 2 fully saturated rings. The van der Waals surface area contributed by atoms with E-state index in [-0.39, 0.29) is 0 Å². The van der Waals surface area contributed by atoms with Crippen molar-refractivity contribution in [3.63, 3.8) is 0 Å². The van der Waals surface area contributed by atoms with Crippen LogP contribution in [0.5, 0.6) is 0 Å². The van der Waals surface area contributed by atoms with Crippen LogP contribution in [-0.4, -0.2) is 50.0 Å². The molecule has 4 heteroatoms. The quantitative estimate of drug-likeness (QED) is 0.721. The summed E-state index contributed by atoms with van der Waals surface area (Å²) in [5.41, 5.74) is 0. The Balaban J connectivity index is 1.42. The minimum Gasteiger partial charge on any atom is -0.379 e. The van der Waals surface area contributed by atoms with E-state index in [1.807, 2.05) is 0 Å². The third-order valence-corrected chi connectivity index (χ3v) is 4.37. The molecule has 2 aliphatic heterocycles. The first kappa shape index (κ1) is 12.7. The molecule has 0 spiro atoms. The van der Waals surface area contributed by atoms with Crippen molar-refractivity contribution >= 4 is 11.8 Å². The Labute approximate surface area is 103 Å². The molecule has 0 bridgehead atoms. The molecule has 2 atom stereocenters. The summed E-state index contributed by atoms with van der Waals surface area (Å²) in [6.45, 7) is 3.65. The highest BCUT2D eigenvalue weighted by Crippen LogP contribution is 2.16. The fourth-order valence-electron chi connectivity index (χ4n) is 2.17. The van der Waals surface area contributed by atoms with Gasteiger partial charge in [0.2, 0.25) is 0 Å². The first-order valence-corrected chi connectivity index (χ1v) is 7.61. The summed E-state index contributed by atoms with van der Waals surface area (Å²) in [6.07, 6.45) is 5.29. The number of hydrogen-bond acceptors (Lipinski definition) is 4. The summed E-state index contributed by atoms with van der Waals surface area (Å²) in [5, 5.41) is 3.61. The van der Waals surface area contributed by atoms with E-state index < -0.39 is 0 Å². The monoisotopic (exact) mass is 245 g/mol. The molecule has 2 aliphatic rings. The Morgan fingerprint density at radius 2 is 2.38 bits per heavy atom. The third-order valence-electron chi connectivity index (χ3n) is 3.16. The van der Waals surface area contributed by atoms with Crippen molar-refractivity contribution in [3.05, 3.63) is 0 Å².